The zero-order chi connectivity index (χ0) is 20.5. The Labute approximate surface area is 171 Å². The van der Waals surface area contributed by atoms with Gasteiger partial charge in [-0.15, -0.1) is 0 Å². The third-order valence-corrected chi connectivity index (χ3v) is 7.45. The van der Waals surface area contributed by atoms with Crippen molar-refractivity contribution in [2.45, 2.75) is 12.5 Å². The van der Waals surface area contributed by atoms with Crippen molar-refractivity contribution in [1.29, 1.82) is 0 Å². The summed E-state index contributed by atoms with van der Waals surface area (Å²) in [5.41, 5.74) is 2.04. The minimum Gasteiger partial charge on any atom is -0.277 e. The summed E-state index contributed by atoms with van der Waals surface area (Å²) >= 11 is 6.00. The van der Waals surface area contributed by atoms with Crippen molar-refractivity contribution in [1.82, 2.24) is 19.7 Å². The van der Waals surface area contributed by atoms with E-state index in [0.29, 0.717) is 33.7 Å². The number of halogens is 1. The molecule has 1 unspecified atom stereocenters. The van der Waals surface area contributed by atoms with Crippen LogP contribution < -0.4 is 0 Å². The van der Waals surface area contributed by atoms with E-state index < -0.39 is 21.7 Å². The van der Waals surface area contributed by atoms with Gasteiger partial charge in [-0.3, -0.25) is 14.5 Å². The van der Waals surface area contributed by atoms with Crippen LogP contribution in [0.2, 0.25) is 5.02 Å². The number of amides is 2. The molecule has 0 saturated carbocycles. The van der Waals surface area contributed by atoms with Gasteiger partial charge in [0.1, 0.15) is 5.69 Å². The predicted molar refractivity (Wildman–Crippen MR) is 107 cm³/mol. The number of imide groups is 1. The van der Waals surface area contributed by atoms with E-state index in [1.165, 1.54) is 13.2 Å². The highest BCUT2D eigenvalue weighted by molar-refractivity contribution is 7.91. The molecule has 1 aromatic carbocycles. The van der Waals surface area contributed by atoms with E-state index in [9.17, 15) is 18.0 Å². The fraction of sp³-hybridized carbons (Fsp3) is 0.263. The number of rotatable bonds is 2. The van der Waals surface area contributed by atoms with Crippen LogP contribution in [0, 0.1) is 0 Å². The number of benzene rings is 1. The molecule has 1 atom stereocenters. The number of hydrogen-bond acceptors (Lipinski definition) is 6. The lowest BCUT2D eigenvalue weighted by atomic mass is 10.0. The van der Waals surface area contributed by atoms with Crippen molar-refractivity contribution in [3.05, 3.63) is 46.6 Å². The van der Waals surface area contributed by atoms with Crippen molar-refractivity contribution in [2.75, 3.05) is 18.6 Å². The van der Waals surface area contributed by atoms with E-state index in [4.69, 9.17) is 11.6 Å². The minimum atomic E-state index is -3.15. The molecule has 3 aromatic rings. The highest BCUT2D eigenvalue weighted by Crippen LogP contribution is 2.38. The molecular formula is C19H15ClN4O4S. The molecule has 0 spiro atoms. The Bertz CT molecular complexity index is 1310. The van der Waals surface area contributed by atoms with Gasteiger partial charge in [-0.25, -0.2) is 18.1 Å². The monoisotopic (exact) mass is 430 g/mol. The van der Waals surface area contributed by atoms with Crippen molar-refractivity contribution in [3.63, 3.8) is 0 Å². The second-order valence-electron chi connectivity index (χ2n) is 7.27. The van der Waals surface area contributed by atoms with Crippen molar-refractivity contribution in [3.8, 4) is 11.3 Å². The third-order valence-electron chi connectivity index (χ3n) is 5.45. The van der Waals surface area contributed by atoms with Crippen molar-refractivity contribution in [2.24, 2.45) is 0 Å². The van der Waals surface area contributed by atoms with Crippen LogP contribution >= 0.6 is 11.6 Å². The minimum absolute atomic E-state index is 0.0324. The van der Waals surface area contributed by atoms with Gasteiger partial charge in [-0.2, -0.15) is 5.10 Å². The fourth-order valence-corrected chi connectivity index (χ4v) is 5.78. The first-order valence-electron chi connectivity index (χ1n) is 8.97. The maximum atomic E-state index is 12.8. The molecule has 2 amide bonds. The average molecular weight is 431 g/mol. The molecule has 10 heteroatoms. The Morgan fingerprint density at radius 3 is 2.52 bits per heavy atom. The standard InChI is InChI=1S/C19H15ClN4O4S/c1-23-18(25)13-8-21-17-15(14(13)19(23)26)16(10-2-4-11(20)5-3-10)22-24(17)12-6-7-29(27,28)9-12/h2-5,8,12H,6-7,9H2,1H3. The van der Waals surface area contributed by atoms with Gasteiger partial charge >= 0.3 is 0 Å². The van der Waals surface area contributed by atoms with E-state index in [1.807, 2.05) is 0 Å². The van der Waals surface area contributed by atoms with Gasteiger partial charge in [0.05, 0.1) is 34.1 Å². The number of sulfone groups is 1. The first-order valence-corrected chi connectivity index (χ1v) is 11.2. The summed E-state index contributed by atoms with van der Waals surface area (Å²) in [4.78, 5) is 30.7. The molecule has 1 fully saturated rings. The van der Waals surface area contributed by atoms with Crippen LogP contribution in [0.25, 0.3) is 22.3 Å². The maximum absolute atomic E-state index is 12.8. The molecule has 0 aliphatic carbocycles. The largest absolute Gasteiger partial charge is 0.277 e. The van der Waals surface area contributed by atoms with Crippen LogP contribution in [-0.2, 0) is 9.84 Å². The summed E-state index contributed by atoms with van der Waals surface area (Å²) in [6, 6.07) is 6.57. The van der Waals surface area contributed by atoms with Crippen LogP contribution in [0.5, 0.6) is 0 Å². The first-order chi connectivity index (χ1) is 13.8. The molecule has 4 heterocycles. The number of carbonyl (C=O) groups excluding carboxylic acids is 2. The van der Waals surface area contributed by atoms with E-state index in [0.717, 1.165) is 4.90 Å². The van der Waals surface area contributed by atoms with E-state index in [-0.39, 0.29) is 28.7 Å². The van der Waals surface area contributed by atoms with Gasteiger partial charge < -0.3 is 0 Å². The number of carbonyl (C=O) groups is 2. The number of pyridine rings is 1. The molecule has 0 bridgehead atoms. The topological polar surface area (TPSA) is 102 Å². The number of fused-ring (bicyclic) bond motifs is 3. The summed E-state index contributed by atoms with van der Waals surface area (Å²) in [5.74, 6) is -0.792. The van der Waals surface area contributed by atoms with Crippen LogP contribution in [0.1, 0.15) is 33.2 Å². The van der Waals surface area contributed by atoms with Crippen LogP contribution in [0.3, 0.4) is 0 Å². The van der Waals surface area contributed by atoms with E-state index in [1.54, 1.807) is 28.9 Å². The summed E-state index contributed by atoms with van der Waals surface area (Å²) in [6.07, 6.45) is 1.79. The zero-order valence-electron chi connectivity index (χ0n) is 15.3. The maximum Gasteiger partial charge on any atom is 0.262 e. The second kappa shape index (κ2) is 6.11. The highest BCUT2D eigenvalue weighted by Gasteiger charge is 2.39. The summed E-state index contributed by atoms with van der Waals surface area (Å²) in [6.45, 7) is 0. The molecule has 148 valence electrons. The Morgan fingerprint density at radius 2 is 1.86 bits per heavy atom. The van der Waals surface area contributed by atoms with Crippen LogP contribution in [-0.4, -0.2) is 58.4 Å². The Balaban J connectivity index is 1.82. The van der Waals surface area contributed by atoms with Gasteiger partial charge in [-0.05, 0) is 18.6 Å². The quantitative estimate of drug-likeness (QED) is 0.578. The summed E-state index contributed by atoms with van der Waals surface area (Å²) < 4.78 is 25.6. The second-order valence-corrected chi connectivity index (χ2v) is 9.94. The van der Waals surface area contributed by atoms with Gasteiger partial charge in [-0.1, -0.05) is 23.7 Å². The Morgan fingerprint density at radius 1 is 1.14 bits per heavy atom. The molecule has 2 aromatic heterocycles. The normalized spacial score (nSPS) is 20.6. The summed E-state index contributed by atoms with van der Waals surface area (Å²) in [5, 5.41) is 5.67. The number of hydrogen-bond donors (Lipinski definition) is 0. The lowest BCUT2D eigenvalue weighted by Gasteiger charge is -2.09. The average Bonchev–Trinajstić information content (AvgIpc) is 3.31. The van der Waals surface area contributed by atoms with E-state index >= 15 is 0 Å². The predicted octanol–water partition coefficient (Wildman–Crippen LogP) is 2.34. The molecule has 0 N–H and O–H groups in total. The fourth-order valence-electron chi connectivity index (χ4n) is 3.96. The van der Waals surface area contributed by atoms with Gasteiger partial charge in [0.2, 0.25) is 0 Å². The highest BCUT2D eigenvalue weighted by atomic mass is 35.5. The molecule has 8 nitrogen and oxygen atoms in total. The lowest BCUT2D eigenvalue weighted by Crippen LogP contribution is -2.24. The van der Waals surface area contributed by atoms with Crippen LogP contribution in [0.4, 0.5) is 0 Å². The van der Waals surface area contributed by atoms with Crippen molar-refractivity contribution >= 4 is 44.3 Å². The van der Waals surface area contributed by atoms with Crippen LogP contribution in [0.15, 0.2) is 30.5 Å². The molecule has 29 heavy (non-hydrogen) atoms. The zero-order valence-corrected chi connectivity index (χ0v) is 16.9. The first kappa shape index (κ1) is 18.3. The Kier molecular flexibility index (Phi) is 3.85. The molecule has 5 rings (SSSR count). The Hall–Kier alpha value is -2.78. The molecule has 1 saturated heterocycles. The van der Waals surface area contributed by atoms with E-state index in [2.05, 4.69) is 10.1 Å². The van der Waals surface area contributed by atoms with Gasteiger partial charge in [0, 0.05) is 23.8 Å². The lowest BCUT2D eigenvalue weighted by molar-refractivity contribution is 0.0693. The SMILES string of the molecule is CN1C(=O)c2cnc3c(c(-c4ccc(Cl)cc4)nn3C3CCS(=O)(=O)C3)c2C1=O. The smallest absolute Gasteiger partial charge is 0.262 e. The molecular weight excluding hydrogens is 416 g/mol. The van der Waals surface area contributed by atoms with Gasteiger partial charge in [0.15, 0.2) is 15.5 Å². The number of aromatic nitrogens is 3. The third kappa shape index (κ3) is 2.68. The van der Waals surface area contributed by atoms with Gasteiger partial charge in [0.25, 0.3) is 11.8 Å². The summed E-state index contributed by atoms with van der Waals surface area (Å²) in [7, 11) is -1.73. The molecule has 2 aliphatic rings. The van der Waals surface area contributed by atoms with Crippen molar-refractivity contribution < 1.29 is 18.0 Å². The molecule has 2 aliphatic heterocycles. The number of nitrogens with zero attached hydrogens (tertiary/aromatic N) is 4. The molecule has 0 radical (unpaired) electrons.